The third-order valence-corrected chi connectivity index (χ3v) is 8.68. The van der Waals surface area contributed by atoms with E-state index in [-0.39, 0.29) is 23.1 Å². The van der Waals surface area contributed by atoms with E-state index in [1.54, 1.807) is 24.3 Å². The predicted octanol–water partition coefficient (Wildman–Crippen LogP) is 5.93. The first-order valence-corrected chi connectivity index (χ1v) is 14.5. The van der Waals surface area contributed by atoms with Crippen LogP contribution in [0.1, 0.15) is 60.6 Å². The Bertz CT molecular complexity index is 1640. The summed E-state index contributed by atoms with van der Waals surface area (Å²) in [7, 11) is 1.30. The lowest BCUT2D eigenvalue weighted by molar-refractivity contribution is -0.119. The van der Waals surface area contributed by atoms with E-state index < -0.39 is 29.7 Å². The number of carbonyl (C=O) groups is 4. The SMILES string of the molecule is COC(=O)c1c(-c2ccc3c(c2)CCCC3)csc1NC(=O)C(Cc1ccccc1)N1C(=O)c2ccccc2C1=O. The minimum atomic E-state index is -1.13. The lowest BCUT2D eigenvalue weighted by atomic mass is 9.89. The van der Waals surface area contributed by atoms with Crippen LogP contribution in [0, 0.1) is 0 Å². The summed E-state index contributed by atoms with van der Waals surface area (Å²) in [5, 5.41) is 5.02. The molecule has 206 valence electrons. The molecule has 3 aromatic carbocycles. The van der Waals surface area contributed by atoms with E-state index in [1.165, 1.54) is 36.0 Å². The zero-order valence-corrected chi connectivity index (χ0v) is 23.3. The number of benzene rings is 3. The van der Waals surface area contributed by atoms with Gasteiger partial charge < -0.3 is 10.1 Å². The van der Waals surface area contributed by atoms with Crippen LogP contribution >= 0.6 is 11.3 Å². The molecule has 1 aliphatic carbocycles. The van der Waals surface area contributed by atoms with Crippen LogP contribution in [0.5, 0.6) is 0 Å². The molecule has 0 fully saturated rings. The van der Waals surface area contributed by atoms with Crippen molar-refractivity contribution in [2.24, 2.45) is 0 Å². The van der Waals surface area contributed by atoms with Crippen molar-refractivity contribution in [2.75, 3.05) is 12.4 Å². The van der Waals surface area contributed by atoms with Crippen molar-refractivity contribution in [2.45, 2.75) is 38.1 Å². The average Bonchev–Trinajstić information content (AvgIpc) is 3.54. The minimum absolute atomic E-state index is 0.120. The molecule has 0 saturated heterocycles. The van der Waals surface area contributed by atoms with Crippen molar-refractivity contribution >= 4 is 40.0 Å². The first kappa shape index (κ1) is 26.7. The zero-order chi connectivity index (χ0) is 28.5. The lowest BCUT2D eigenvalue weighted by Crippen LogP contribution is -2.48. The second-order valence-corrected chi connectivity index (χ2v) is 11.1. The van der Waals surface area contributed by atoms with Gasteiger partial charge >= 0.3 is 5.97 Å². The van der Waals surface area contributed by atoms with Crippen LogP contribution in [-0.2, 0) is 28.8 Å². The molecule has 3 amide bonds. The van der Waals surface area contributed by atoms with Crippen LogP contribution in [0.25, 0.3) is 11.1 Å². The molecule has 0 radical (unpaired) electrons. The zero-order valence-electron chi connectivity index (χ0n) is 22.5. The van der Waals surface area contributed by atoms with Gasteiger partial charge in [-0.2, -0.15) is 0 Å². The topological polar surface area (TPSA) is 92.8 Å². The summed E-state index contributed by atoms with van der Waals surface area (Å²) in [4.78, 5) is 54.8. The van der Waals surface area contributed by atoms with Gasteiger partial charge in [0.15, 0.2) is 0 Å². The van der Waals surface area contributed by atoms with E-state index >= 15 is 0 Å². The van der Waals surface area contributed by atoms with Gasteiger partial charge in [0.25, 0.3) is 11.8 Å². The number of ether oxygens (including phenoxy) is 1. The van der Waals surface area contributed by atoms with Crippen molar-refractivity contribution < 1.29 is 23.9 Å². The number of nitrogens with zero attached hydrogens (tertiary/aromatic N) is 1. The van der Waals surface area contributed by atoms with Gasteiger partial charge in [-0.1, -0.05) is 60.7 Å². The number of carbonyl (C=O) groups excluding carboxylic acids is 4. The van der Waals surface area contributed by atoms with E-state index in [1.807, 2.05) is 41.8 Å². The molecule has 1 atom stereocenters. The maximum Gasteiger partial charge on any atom is 0.341 e. The fraction of sp³-hybridized carbons (Fsp3) is 0.212. The van der Waals surface area contributed by atoms with Crippen LogP contribution in [0.15, 0.2) is 78.2 Å². The number of nitrogens with one attached hydrogen (secondary N) is 1. The van der Waals surface area contributed by atoms with Gasteiger partial charge in [-0.15, -0.1) is 11.3 Å². The molecule has 2 aliphatic rings. The third kappa shape index (κ3) is 4.95. The van der Waals surface area contributed by atoms with Crippen LogP contribution in [0.2, 0.25) is 0 Å². The molecule has 1 aliphatic heterocycles. The molecule has 6 rings (SSSR count). The predicted molar refractivity (Wildman–Crippen MR) is 157 cm³/mol. The molecule has 1 N–H and O–H groups in total. The number of anilines is 1. The number of amides is 3. The molecule has 2 heterocycles. The molecule has 41 heavy (non-hydrogen) atoms. The second kappa shape index (κ2) is 11.1. The Kier molecular flexibility index (Phi) is 7.24. The Morgan fingerprint density at radius 3 is 2.22 bits per heavy atom. The molecule has 4 aromatic rings. The van der Waals surface area contributed by atoms with Crippen molar-refractivity contribution in [1.82, 2.24) is 4.90 Å². The van der Waals surface area contributed by atoms with Crippen LogP contribution in [0.3, 0.4) is 0 Å². The fourth-order valence-corrected chi connectivity index (χ4v) is 6.65. The second-order valence-electron chi connectivity index (χ2n) is 10.3. The number of esters is 1. The van der Waals surface area contributed by atoms with E-state index in [0.29, 0.717) is 10.6 Å². The highest BCUT2D eigenvalue weighted by atomic mass is 32.1. The number of aryl methyl sites for hydroxylation is 2. The van der Waals surface area contributed by atoms with Gasteiger partial charge in [-0.05, 0) is 60.1 Å². The minimum Gasteiger partial charge on any atom is -0.465 e. The summed E-state index contributed by atoms with van der Waals surface area (Å²) >= 11 is 1.21. The summed E-state index contributed by atoms with van der Waals surface area (Å²) in [6, 6.07) is 20.9. The molecule has 7 nitrogen and oxygen atoms in total. The molecule has 0 spiro atoms. The smallest absolute Gasteiger partial charge is 0.341 e. The Hall–Kier alpha value is -4.56. The number of rotatable bonds is 7. The molecule has 0 bridgehead atoms. The maximum atomic E-state index is 13.9. The number of fused-ring (bicyclic) bond motifs is 2. The monoisotopic (exact) mass is 564 g/mol. The highest BCUT2D eigenvalue weighted by molar-refractivity contribution is 7.15. The van der Waals surface area contributed by atoms with Crippen LogP contribution in [0.4, 0.5) is 5.00 Å². The summed E-state index contributed by atoms with van der Waals surface area (Å²) < 4.78 is 5.12. The standard InChI is InChI=1S/C33H28N2O5S/c1-40-33(39)28-26(23-16-15-21-11-5-6-12-22(21)18-23)19-41-30(28)34-29(36)27(17-20-9-3-2-4-10-20)35-31(37)24-13-7-8-14-25(24)32(35)38/h2-4,7-10,13-16,18-19,27H,5-6,11-12,17H2,1H3,(H,34,36). The van der Waals surface area contributed by atoms with Crippen LogP contribution < -0.4 is 5.32 Å². The number of thiophene rings is 1. The summed E-state index contributed by atoms with van der Waals surface area (Å²) in [6.07, 6.45) is 4.46. The summed E-state index contributed by atoms with van der Waals surface area (Å²) in [5.74, 6) is -2.17. The Morgan fingerprint density at radius 2 is 1.54 bits per heavy atom. The van der Waals surface area contributed by atoms with Gasteiger partial charge in [0, 0.05) is 17.4 Å². The van der Waals surface area contributed by atoms with E-state index in [0.717, 1.165) is 35.3 Å². The van der Waals surface area contributed by atoms with Gasteiger partial charge in [0.05, 0.1) is 18.2 Å². The molecule has 0 saturated carbocycles. The Labute approximate surface area is 241 Å². The normalized spacial score (nSPS) is 14.8. The van der Waals surface area contributed by atoms with Crippen LogP contribution in [-0.4, -0.2) is 41.7 Å². The van der Waals surface area contributed by atoms with Crippen molar-refractivity contribution in [3.8, 4) is 11.1 Å². The van der Waals surface area contributed by atoms with Gasteiger partial charge in [-0.3, -0.25) is 19.3 Å². The number of hydrogen-bond acceptors (Lipinski definition) is 6. The first-order valence-electron chi connectivity index (χ1n) is 13.6. The third-order valence-electron chi connectivity index (χ3n) is 7.79. The largest absolute Gasteiger partial charge is 0.465 e. The number of methoxy groups -OCH3 is 1. The van der Waals surface area contributed by atoms with Crippen molar-refractivity contribution in [1.29, 1.82) is 0 Å². The summed E-state index contributed by atoms with van der Waals surface area (Å²) in [5.41, 5.74) is 5.73. The number of imide groups is 1. The maximum absolute atomic E-state index is 13.9. The lowest BCUT2D eigenvalue weighted by Gasteiger charge is -2.25. The first-order chi connectivity index (χ1) is 20.0. The Morgan fingerprint density at radius 1 is 0.878 bits per heavy atom. The van der Waals surface area contributed by atoms with E-state index in [2.05, 4.69) is 17.4 Å². The quantitative estimate of drug-likeness (QED) is 0.222. The highest BCUT2D eigenvalue weighted by Crippen LogP contribution is 2.38. The van der Waals surface area contributed by atoms with Gasteiger partial charge in [0.2, 0.25) is 5.91 Å². The van der Waals surface area contributed by atoms with Gasteiger partial charge in [0.1, 0.15) is 16.6 Å². The van der Waals surface area contributed by atoms with E-state index in [4.69, 9.17) is 4.74 Å². The fourth-order valence-electron chi connectivity index (χ4n) is 5.69. The molecule has 1 aromatic heterocycles. The van der Waals surface area contributed by atoms with E-state index in [9.17, 15) is 19.2 Å². The number of hydrogen-bond donors (Lipinski definition) is 1. The van der Waals surface area contributed by atoms with Gasteiger partial charge in [-0.25, -0.2) is 4.79 Å². The molecular formula is C33H28N2O5S. The molecular weight excluding hydrogens is 536 g/mol. The van der Waals surface area contributed by atoms with Crippen molar-refractivity contribution in [3.63, 3.8) is 0 Å². The van der Waals surface area contributed by atoms with Crippen molar-refractivity contribution in [3.05, 3.63) is 112 Å². The highest BCUT2D eigenvalue weighted by Gasteiger charge is 2.43. The molecule has 1 unspecified atom stereocenters. The molecule has 8 heteroatoms. The average molecular weight is 565 g/mol. The Balaban J connectivity index is 1.36. The summed E-state index contributed by atoms with van der Waals surface area (Å²) in [6.45, 7) is 0.